The second kappa shape index (κ2) is 64.4. The minimum Gasteiger partial charge on any atom is -0.462 e. The third-order valence-electron chi connectivity index (χ3n) is 16.5. The molecule has 5 atom stereocenters. The van der Waals surface area contributed by atoms with Gasteiger partial charge in [0.25, 0.3) is 0 Å². The summed E-state index contributed by atoms with van der Waals surface area (Å²) in [5, 5.41) is 10.6. The van der Waals surface area contributed by atoms with E-state index in [1.807, 2.05) is 0 Å². The first-order valence-electron chi connectivity index (χ1n) is 37.1. The number of aliphatic hydroxyl groups excluding tert-OH is 1. The molecule has 0 saturated carbocycles. The molecule has 0 saturated heterocycles. The van der Waals surface area contributed by atoms with Crippen molar-refractivity contribution in [3.8, 4) is 0 Å². The first-order valence-corrected chi connectivity index (χ1v) is 40.1. The van der Waals surface area contributed by atoms with Gasteiger partial charge in [-0.25, -0.2) is 9.13 Å². The Hall–Kier alpha value is -1.94. The Morgan fingerprint density at radius 3 is 0.756 bits per heavy atom. The summed E-state index contributed by atoms with van der Waals surface area (Å²) in [5.41, 5.74) is 0. The second-order valence-electron chi connectivity index (χ2n) is 26.1. The molecular weight excluding hydrogens is 1190 g/mol. The van der Waals surface area contributed by atoms with E-state index >= 15 is 0 Å². The second-order valence-corrected chi connectivity index (χ2v) is 29.0. The highest BCUT2D eigenvalue weighted by atomic mass is 31.2. The van der Waals surface area contributed by atoms with E-state index in [9.17, 15) is 43.2 Å². The van der Waals surface area contributed by atoms with Gasteiger partial charge in [-0.1, -0.05) is 317 Å². The van der Waals surface area contributed by atoms with Crippen LogP contribution in [0.25, 0.3) is 0 Å². The van der Waals surface area contributed by atoms with Gasteiger partial charge in [0.1, 0.15) is 19.3 Å². The van der Waals surface area contributed by atoms with Gasteiger partial charge in [0.2, 0.25) is 0 Å². The number of hydrogen-bond acceptors (Lipinski definition) is 15. The number of esters is 4. The van der Waals surface area contributed by atoms with Gasteiger partial charge < -0.3 is 33.8 Å². The number of phosphoric acid groups is 2. The SMILES string of the molecule is CCCCCCCCCCCCCCC(=O)OC[C@H](COP(=O)(O)OC[C@@H](O)COP(=O)(O)OC[C@@H](COC(=O)CCCCCCCCCCC)OC(=O)CCCCCCCCCCCCCC)OC(=O)CCCCCCCCCCCCCCCCC(C)C. The lowest BCUT2D eigenvalue weighted by molar-refractivity contribution is -0.161. The van der Waals surface area contributed by atoms with Crippen LogP contribution in [0.4, 0.5) is 0 Å². The molecule has 0 spiro atoms. The number of phosphoric ester groups is 2. The molecule has 0 aromatic heterocycles. The predicted octanol–water partition coefficient (Wildman–Crippen LogP) is 20.5. The van der Waals surface area contributed by atoms with Gasteiger partial charge in [0, 0.05) is 25.7 Å². The van der Waals surface area contributed by atoms with Crippen LogP contribution in [0, 0.1) is 5.92 Å². The third kappa shape index (κ3) is 64.8. The van der Waals surface area contributed by atoms with Crippen molar-refractivity contribution in [3.63, 3.8) is 0 Å². The summed E-state index contributed by atoms with van der Waals surface area (Å²) < 4.78 is 68.3. The highest BCUT2D eigenvalue weighted by molar-refractivity contribution is 7.47. The van der Waals surface area contributed by atoms with E-state index in [1.165, 1.54) is 193 Å². The Bertz CT molecular complexity index is 1740. The van der Waals surface area contributed by atoms with E-state index in [2.05, 4.69) is 34.6 Å². The van der Waals surface area contributed by atoms with Crippen molar-refractivity contribution < 1.29 is 80.2 Å². The molecule has 2 unspecified atom stereocenters. The maximum absolute atomic E-state index is 13.0. The van der Waals surface area contributed by atoms with E-state index in [-0.39, 0.29) is 25.7 Å². The number of ether oxygens (including phenoxy) is 4. The Morgan fingerprint density at radius 1 is 0.300 bits per heavy atom. The van der Waals surface area contributed by atoms with Crippen LogP contribution in [0.15, 0.2) is 0 Å². The zero-order chi connectivity index (χ0) is 66.3. The summed E-state index contributed by atoms with van der Waals surface area (Å²) >= 11 is 0. The molecule has 0 aliphatic rings. The number of hydrogen-bond donors (Lipinski definition) is 3. The van der Waals surface area contributed by atoms with Crippen molar-refractivity contribution in [2.45, 2.75) is 387 Å². The van der Waals surface area contributed by atoms with Crippen LogP contribution in [0.2, 0.25) is 0 Å². The summed E-state index contributed by atoms with van der Waals surface area (Å²) in [6.45, 7) is 7.26. The summed E-state index contributed by atoms with van der Waals surface area (Å²) in [6.07, 6.45) is 51.2. The molecule has 3 N–H and O–H groups in total. The fourth-order valence-electron chi connectivity index (χ4n) is 10.8. The van der Waals surface area contributed by atoms with Crippen LogP contribution >= 0.6 is 15.6 Å². The highest BCUT2D eigenvalue weighted by Crippen LogP contribution is 2.45. The molecule has 0 bridgehead atoms. The summed E-state index contributed by atoms with van der Waals surface area (Å²) in [5.74, 6) is -1.32. The Labute approximate surface area is 549 Å². The Balaban J connectivity index is 5.22. The summed E-state index contributed by atoms with van der Waals surface area (Å²) in [4.78, 5) is 72.5. The van der Waals surface area contributed by atoms with E-state index in [4.69, 9.17) is 37.0 Å². The minimum absolute atomic E-state index is 0.108. The molecule has 0 aliphatic carbocycles. The number of aliphatic hydroxyl groups is 1. The highest BCUT2D eigenvalue weighted by Gasteiger charge is 2.30. The van der Waals surface area contributed by atoms with Crippen molar-refractivity contribution in [2.24, 2.45) is 5.92 Å². The van der Waals surface area contributed by atoms with E-state index < -0.39 is 97.5 Å². The third-order valence-corrected chi connectivity index (χ3v) is 18.4. The van der Waals surface area contributed by atoms with Gasteiger partial charge in [0.05, 0.1) is 26.4 Å². The van der Waals surface area contributed by atoms with Crippen LogP contribution in [-0.4, -0.2) is 96.7 Å². The van der Waals surface area contributed by atoms with E-state index in [1.54, 1.807) is 0 Å². The van der Waals surface area contributed by atoms with Crippen molar-refractivity contribution in [3.05, 3.63) is 0 Å². The van der Waals surface area contributed by atoms with Crippen molar-refractivity contribution in [1.82, 2.24) is 0 Å². The minimum atomic E-state index is -4.95. The van der Waals surface area contributed by atoms with Crippen molar-refractivity contribution in [1.29, 1.82) is 0 Å². The molecule has 0 amide bonds. The standard InChI is InChI=1S/C71H138O17P2/c1-6-9-12-15-18-21-23-30-35-40-45-50-55-69(74)82-61-67(88-71(76)57-52-47-42-37-32-28-26-25-27-29-34-38-43-48-53-64(4)5)63-86-90(79,80)84-59-65(72)58-83-89(77,78)85-62-66(60-81-68(73)54-49-44-39-33-20-17-14-11-8-3)87-70(75)56-51-46-41-36-31-24-22-19-16-13-10-7-2/h64-67,72H,6-63H2,1-5H3,(H,77,78)(H,79,80)/t65-,66+,67+/m0/s1. The molecule has 17 nitrogen and oxygen atoms in total. The number of rotatable bonds is 71. The smallest absolute Gasteiger partial charge is 0.462 e. The molecule has 19 heteroatoms. The predicted molar refractivity (Wildman–Crippen MR) is 363 cm³/mol. The zero-order valence-corrected chi connectivity index (χ0v) is 60.1. The molecule has 0 aromatic carbocycles. The Kier molecular flexibility index (Phi) is 63.0. The molecule has 0 aliphatic heterocycles. The Morgan fingerprint density at radius 2 is 0.511 bits per heavy atom. The molecule has 90 heavy (non-hydrogen) atoms. The maximum atomic E-state index is 13.0. The first-order chi connectivity index (χ1) is 43.5. The molecule has 534 valence electrons. The molecule has 0 aromatic rings. The van der Waals surface area contributed by atoms with Crippen LogP contribution in [0.1, 0.15) is 369 Å². The molecule has 0 heterocycles. The van der Waals surface area contributed by atoms with Crippen LogP contribution in [0.5, 0.6) is 0 Å². The summed E-state index contributed by atoms with van der Waals surface area (Å²) in [7, 11) is -9.90. The monoisotopic (exact) mass is 1320 g/mol. The van der Waals surface area contributed by atoms with Crippen LogP contribution in [-0.2, 0) is 65.4 Å². The first kappa shape index (κ1) is 88.1. The lowest BCUT2D eigenvalue weighted by atomic mass is 10.0. The lowest BCUT2D eigenvalue weighted by Gasteiger charge is -2.21. The average Bonchev–Trinajstić information content (AvgIpc) is 3.65. The molecule has 0 radical (unpaired) electrons. The van der Waals surface area contributed by atoms with Gasteiger partial charge in [-0.15, -0.1) is 0 Å². The topological polar surface area (TPSA) is 237 Å². The van der Waals surface area contributed by atoms with Crippen LogP contribution in [0.3, 0.4) is 0 Å². The van der Waals surface area contributed by atoms with Gasteiger partial charge in [-0.05, 0) is 31.6 Å². The van der Waals surface area contributed by atoms with E-state index in [0.29, 0.717) is 25.7 Å². The average molecular weight is 1330 g/mol. The largest absolute Gasteiger partial charge is 0.472 e. The molecular formula is C71H138O17P2. The molecule has 0 fully saturated rings. The molecule has 0 rings (SSSR count). The maximum Gasteiger partial charge on any atom is 0.472 e. The van der Waals surface area contributed by atoms with Gasteiger partial charge in [-0.3, -0.25) is 37.3 Å². The summed E-state index contributed by atoms with van der Waals surface area (Å²) in [6, 6.07) is 0. The van der Waals surface area contributed by atoms with Crippen molar-refractivity contribution >= 4 is 39.5 Å². The number of carbonyl (C=O) groups is 4. The zero-order valence-electron chi connectivity index (χ0n) is 58.3. The normalized spacial score (nSPS) is 14.1. The van der Waals surface area contributed by atoms with Gasteiger partial charge in [-0.2, -0.15) is 0 Å². The fourth-order valence-corrected chi connectivity index (χ4v) is 12.4. The van der Waals surface area contributed by atoms with Crippen molar-refractivity contribution in [2.75, 3.05) is 39.6 Å². The lowest BCUT2D eigenvalue weighted by Crippen LogP contribution is -2.30. The van der Waals surface area contributed by atoms with Gasteiger partial charge in [0.15, 0.2) is 12.2 Å². The fraction of sp³-hybridized carbons (Fsp3) is 0.944. The van der Waals surface area contributed by atoms with Crippen LogP contribution < -0.4 is 0 Å². The number of unbranched alkanes of at least 4 members (excludes halogenated alkanes) is 43. The van der Waals surface area contributed by atoms with Gasteiger partial charge >= 0.3 is 39.5 Å². The quantitative estimate of drug-likeness (QED) is 0.0222. The van der Waals surface area contributed by atoms with E-state index in [0.717, 1.165) is 95.8 Å². The number of carbonyl (C=O) groups excluding carboxylic acids is 4.